The van der Waals surface area contributed by atoms with Crippen LogP contribution in [-0.4, -0.2) is 6.79 Å². The van der Waals surface area contributed by atoms with Crippen molar-refractivity contribution < 1.29 is 9.47 Å². The van der Waals surface area contributed by atoms with E-state index in [2.05, 4.69) is 5.32 Å². The van der Waals surface area contributed by atoms with E-state index in [0.717, 1.165) is 17.1 Å². The Bertz CT molecular complexity index is 639. The van der Waals surface area contributed by atoms with Crippen LogP contribution in [0.4, 0.5) is 11.4 Å². The predicted octanol–water partition coefficient (Wildman–Crippen LogP) is 3.92. The van der Waals surface area contributed by atoms with E-state index in [4.69, 9.17) is 38.4 Å². The summed E-state index contributed by atoms with van der Waals surface area (Å²) in [6, 6.07) is 9.09. The summed E-state index contributed by atoms with van der Waals surface area (Å²) >= 11 is 12.2. The topological polar surface area (TPSA) is 56.5 Å². The Morgan fingerprint density at radius 2 is 1.75 bits per heavy atom. The predicted molar refractivity (Wildman–Crippen MR) is 80.8 cm³/mol. The normalized spacial score (nSPS) is 12.5. The zero-order valence-corrected chi connectivity index (χ0v) is 12.0. The number of hydrogen-bond acceptors (Lipinski definition) is 4. The van der Waals surface area contributed by atoms with Gasteiger partial charge in [0.25, 0.3) is 0 Å². The second-order valence-electron chi connectivity index (χ2n) is 4.40. The van der Waals surface area contributed by atoms with E-state index in [1.807, 2.05) is 18.2 Å². The average Bonchev–Trinajstić information content (AvgIpc) is 2.84. The van der Waals surface area contributed by atoms with Crippen molar-refractivity contribution in [1.29, 1.82) is 0 Å². The summed E-state index contributed by atoms with van der Waals surface area (Å²) in [5.74, 6) is 1.51. The maximum atomic E-state index is 6.12. The summed E-state index contributed by atoms with van der Waals surface area (Å²) in [4.78, 5) is 0. The lowest BCUT2D eigenvalue weighted by molar-refractivity contribution is 0.174. The first-order valence-corrected chi connectivity index (χ1v) is 6.76. The number of rotatable bonds is 3. The molecule has 0 radical (unpaired) electrons. The van der Waals surface area contributed by atoms with Crippen LogP contribution in [0.1, 0.15) is 5.56 Å². The molecule has 2 aromatic rings. The highest BCUT2D eigenvalue weighted by Gasteiger charge is 2.13. The van der Waals surface area contributed by atoms with E-state index in [1.54, 1.807) is 12.1 Å². The standard InChI is InChI=1S/C14H12Cl2N2O2/c15-10-4-9(17)5-11(16)14(10)18-6-8-1-2-12-13(3-8)20-7-19-12/h1-5,18H,6-7,17H2. The Balaban J connectivity index is 1.77. The molecule has 1 heterocycles. The van der Waals surface area contributed by atoms with Crippen molar-refractivity contribution in [3.05, 3.63) is 45.9 Å². The zero-order valence-electron chi connectivity index (χ0n) is 10.5. The van der Waals surface area contributed by atoms with Crippen LogP contribution in [0.15, 0.2) is 30.3 Å². The maximum absolute atomic E-state index is 6.12. The van der Waals surface area contributed by atoms with Crippen LogP contribution in [0, 0.1) is 0 Å². The first kappa shape index (κ1) is 13.2. The zero-order chi connectivity index (χ0) is 14.1. The van der Waals surface area contributed by atoms with Gasteiger partial charge in [-0.05, 0) is 29.8 Å². The molecule has 0 saturated heterocycles. The van der Waals surface area contributed by atoms with E-state index in [9.17, 15) is 0 Å². The number of nitrogens with one attached hydrogen (secondary N) is 1. The molecule has 0 aliphatic carbocycles. The first-order valence-electron chi connectivity index (χ1n) is 6.00. The molecule has 0 aromatic heterocycles. The van der Waals surface area contributed by atoms with Gasteiger partial charge in [-0.25, -0.2) is 0 Å². The highest BCUT2D eigenvalue weighted by molar-refractivity contribution is 6.39. The lowest BCUT2D eigenvalue weighted by Gasteiger charge is -2.11. The second kappa shape index (κ2) is 5.31. The summed E-state index contributed by atoms with van der Waals surface area (Å²) in [5.41, 5.74) is 7.91. The average molecular weight is 311 g/mol. The third-order valence-corrected chi connectivity index (χ3v) is 3.57. The molecule has 0 atom stereocenters. The van der Waals surface area contributed by atoms with Gasteiger partial charge in [0.05, 0.1) is 15.7 Å². The van der Waals surface area contributed by atoms with Gasteiger partial charge in [0.2, 0.25) is 6.79 Å². The highest BCUT2D eigenvalue weighted by atomic mass is 35.5. The second-order valence-corrected chi connectivity index (χ2v) is 5.22. The fourth-order valence-corrected chi connectivity index (χ4v) is 2.64. The van der Waals surface area contributed by atoms with Crippen molar-refractivity contribution in [2.75, 3.05) is 17.8 Å². The molecule has 20 heavy (non-hydrogen) atoms. The van der Waals surface area contributed by atoms with E-state index in [0.29, 0.717) is 28.0 Å². The fourth-order valence-electron chi connectivity index (χ4n) is 2.00. The minimum absolute atomic E-state index is 0.266. The van der Waals surface area contributed by atoms with Gasteiger partial charge in [0, 0.05) is 12.2 Å². The van der Waals surface area contributed by atoms with E-state index >= 15 is 0 Å². The first-order chi connectivity index (χ1) is 9.63. The van der Waals surface area contributed by atoms with Crippen LogP contribution in [-0.2, 0) is 6.54 Å². The molecule has 6 heteroatoms. The van der Waals surface area contributed by atoms with Gasteiger partial charge < -0.3 is 20.5 Å². The monoisotopic (exact) mass is 310 g/mol. The van der Waals surface area contributed by atoms with E-state index in [-0.39, 0.29) is 6.79 Å². The molecule has 1 aliphatic heterocycles. The van der Waals surface area contributed by atoms with Crippen LogP contribution < -0.4 is 20.5 Å². The number of benzene rings is 2. The number of nitrogens with two attached hydrogens (primary N) is 1. The Morgan fingerprint density at radius 1 is 1.05 bits per heavy atom. The number of ether oxygens (including phenoxy) is 2. The van der Waals surface area contributed by atoms with Gasteiger partial charge >= 0.3 is 0 Å². The summed E-state index contributed by atoms with van der Waals surface area (Å²) in [5, 5.41) is 4.19. The molecule has 0 spiro atoms. The lowest BCUT2D eigenvalue weighted by atomic mass is 10.2. The molecule has 1 aliphatic rings. The van der Waals surface area contributed by atoms with Crippen LogP contribution >= 0.6 is 23.2 Å². The van der Waals surface area contributed by atoms with Gasteiger partial charge in [-0.3, -0.25) is 0 Å². The molecule has 0 unspecified atom stereocenters. The summed E-state index contributed by atoms with van der Waals surface area (Å²) in [6.07, 6.45) is 0. The van der Waals surface area contributed by atoms with Crippen LogP contribution in [0.25, 0.3) is 0 Å². The Labute approximate surface area is 126 Å². The molecular weight excluding hydrogens is 299 g/mol. The highest BCUT2D eigenvalue weighted by Crippen LogP contribution is 2.35. The van der Waals surface area contributed by atoms with Crippen molar-refractivity contribution in [2.45, 2.75) is 6.54 Å². The number of halogens is 2. The molecule has 0 bridgehead atoms. The van der Waals surface area contributed by atoms with Crippen LogP contribution in [0.5, 0.6) is 11.5 Å². The summed E-state index contributed by atoms with van der Waals surface area (Å²) in [6.45, 7) is 0.835. The molecular formula is C14H12Cl2N2O2. The maximum Gasteiger partial charge on any atom is 0.231 e. The molecule has 0 amide bonds. The summed E-state index contributed by atoms with van der Waals surface area (Å²) in [7, 11) is 0. The largest absolute Gasteiger partial charge is 0.454 e. The minimum atomic E-state index is 0.266. The number of fused-ring (bicyclic) bond motifs is 1. The molecule has 3 rings (SSSR count). The third-order valence-electron chi connectivity index (χ3n) is 2.97. The van der Waals surface area contributed by atoms with Crippen molar-refractivity contribution in [2.24, 2.45) is 0 Å². The van der Waals surface area contributed by atoms with Gasteiger partial charge in [-0.1, -0.05) is 29.3 Å². The van der Waals surface area contributed by atoms with Crippen LogP contribution in [0.3, 0.4) is 0 Å². The van der Waals surface area contributed by atoms with Gasteiger partial charge in [-0.2, -0.15) is 0 Å². The molecule has 2 aromatic carbocycles. The van der Waals surface area contributed by atoms with Crippen LogP contribution in [0.2, 0.25) is 10.0 Å². The van der Waals surface area contributed by atoms with E-state index < -0.39 is 0 Å². The lowest BCUT2D eigenvalue weighted by Crippen LogP contribution is -2.01. The Hall–Kier alpha value is -1.78. The van der Waals surface area contributed by atoms with Crippen molar-refractivity contribution in [3.8, 4) is 11.5 Å². The molecule has 3 N–H and O–H groups in total. The number of nitrogen functional groups attached to an aromatic ring is 1. The van der Waals surface area contributed by atoms with E-state index in [1.165, 1.54) is 0 Å². The number of anilines is 2. The smallest absolute Gasteiger partial charge is 0.231 e. The number of hydrogen-bond donors (Lipinski definition) is 2. The third kappa shape index (κ3) is 2.57. The fraction of sp³-hybridized carbons (Fsp3) is 0.143. The quantitative estimate of drug-likeness (QED) is 0.844. The Kier molecular flexibility index (Phi) is 3.51. The van der Waals surface area contributed by atoms with Gasteiger partial charge in [-0.15, -0.1) is 0 Å². The minimum Gasteiger partial charge on any atom is -0.454 e. The van der Waals surface area contributed by atoms with Crippen molar-refractivity contribution in [1.82, 2.24) is 0 Å². The van der Waals surface area contributed by atoms with Crippen molar-refractivity contribution in [3.63, 3.8) is 0 Å². The molecule has 104 valence electrons. The van der Waals surface area contributed by atoms with Gasteiger partial charge in [0.1, 0.15) is 0 Å². The molecule has 4 nitrogen and oxygen atoms in total. The van der Waals surface area contributed by atoms with Crippen molar-refractivity contribution >= 4 is 34.6 Å². The molecule has 0 fully saturated rings. The SMILES string of the molecule is Nc1cc(Cl)c(NCc2ccc3c(c2)OCO3)c(Cl)c1. The molecule has 0 saturated carbocycles. The summed E-state index contributed by atoms with van der Waals surface area (Å²) < 4.78 is 10.6. The Morgan fingerprint density at radius 3 is 2.50 bits per heavy atom. The van der Waals surface area contributed by atoms with Gasteiger partial charge in [0.15, 0.2) is 11.5 Å².